The lowest BCUT2D eigenvalue weighted by Gasteiger charge is -2.27. The maximum absolute atomic E-state index is 12.6. The molecular formula is C27H41NO10. The van der Waals surface area contributed by atoms with Gasteiger partial charge in [0, 0.05) is 0 Å². The number of hydrogen-bond donors (Lipinski definition) is 1. The summed E-state index contributed by atoms with van der Waals surface area (Å²) in [4.78, 5) is 48.8. The van der Waals surface area contributed by atoms with Gasteiger partial charge in [-0.25, -0.2) is 9.59 Å². The predicted octanol–water partition coefficient (Wildman–Crippen LogP) is 4.71. The van der Waals surface area contributed by atoms with Crippen LogP contribution in [-0.2, 0) is 35.0 Å². The fourth-order valence-electron chi connectivity index (χ4n) is 2.73. The fourth-order valence-corrected chi connectivity index (χ4v) is 2.73. The molecule has 0 amide bonds. The van der Waals surface area contributed by atoms with Gasteiger partial charge in [-0.3, -0.25) is 9.59 Å². The molecule has 38 heavy (non-hydrogen) atoms. The van der Waals surface area contributed by atoms with Crippen molar-refractivity contribution in [2.75, 3.05) is 13.2 Å². The molecule has 2 N–H and O–H groups in total. The van der Waals surface area contributed by atoms with Crippen LogP contribution in [0.4, 0.5) is 9.59 Å². The molecule has 0 radical (unpaired) electrons. The molecule has 0 saturated carbocycles. The van der Waals surface area contributed by atoms with Gasteiger partial charge in [0.05, 0.1) is 18.6 Å². The number of carbonyl (C=O) groups excluding carboxylic acids is 4. The minimum absolute atomic E-state index is 0.0174. The zero-order valence-corrected chi connectivity index (χ0v) is 23.4. The van der Waals surface area contributed by atoms with Crippen molar-refractivity contribution in [2.24, 2.45) is 11.1 Å². The van der Waals surface area contributed by atoms with Crippen LogP contribution in [-0.4, -0.2) is 55.7 Å². The summed E-state index contributed by atoms with van der Waals surface area (Å²) in [5.41, 5.74) is 5.91. The number of carbonyl (C=O) groups is 4. The number of rotatable bonds is 14. The minimum atomic E-state index is -1.08. The summed E-state index contributed by atoms with van der Waals surface area (Å²) in [6.07, 6.45) is -1.55. The van der Waals surface area contributed by atoms with E-state index in [0.29, 0.717) is 24.8 Å². The van der Waals surface area contributed by atoms with Gasteiger partial charge in [0.25, 0.3) is 0 Å². The van der Waals surface area contributed by atoms with Crippen LogP contribution in [0.15, 0.2) is 18.2 Å². The molecule has 1 aromatic carbocycles. The molecule has 0 heterocycles. The van der Waals surface area contributed by atoms with E-state index in [0.717, 1.165) is 0 Å². The second kappa shape index (κ2) is 15.8. The van der Waals surface area contributed by atoms with E-state index in [1.807, 2.05) is 20.8 Å². The second-order valence-corrected chi connectivity index (χ2v) is 9.48. The highest BCUT2D eigenvalue weighted by Crippen LogP contribution is 2.30. The number of esters is 2. The molecule has 3 atom stereocenters. The molecule has 0 bridgehead atoms. The van der Waals surface area contributed by atoms with Crippen molar-refractivity contribution in [3.8, 4) is 11.5 Å². The van der Waals surface area contributed by atoms with Gasteiger partial charge in [-0.05, 0) is 71.1 Å². The number of hydrogen-bond acceptors (Lipinski definition) is 11. The van der Waals surface area contributed by atoms with Crippen molar-refractivity contribution < 1.29 is 47.6 Å². The zero-order chi connectivity index (χ0) is 28.9. The highest BCUT2D eigenvalue weighted by atomic mass is 16.7. The summed E-state index contributed by atoms with van der Waals surface area (Å²) in [5.74, 6) is -1.27. The van der Waals surface area contributed by atoms with Gasteiger partial charge in [-0.2, -0.15) is 0 Å². The van der Waals surface area contributed by atoms with Crippen molar-refractivity contribution in [2.45, 2.75) is 92.4 Å². The molecule has 0 unspecified atom stereocenters. The standard InChI is InChI=1S/C27H41NO10/c1-8-13-33-25(31)37-21-12-11-19(16-22(21)38-26(32)34-14-9-2)15-20(28)23(29)35-17(4)18(5)36-24(30)27(6,7)10-3/h11-12,16-18,20H,8-10,13-15,28H2,1-7H3/t17-,18-,20-/m0/s1. The van der Waals surface area contributed by atoms with E-state index in [-0.39, 0.29) is 37.1 Å². The first-order chi connectivity index (χ1) is 17.8. The quantitative estimate of drug-likeness (QED) is 0.199. The third kappa shape index (κ3) is 11.0. The molecule has 0 aromatic heterocycles. The molecule has 0 spiro atoms. The summed E-state index contributed by atoms with van der Waals surface area (Å²) in [6, 6.07) is 3.28. The molecule has 214 valence electrons. The van der Waals surface area contributed by atoms with Crippen LogP contribution in [0.2, 0.25) is 0 Å². The van der Waals surface area contributed by atoms with Gasteiger partial charge >= 0.3 is 24.2 Å². The number of benzene rings is 1. The van der Waals surface area contributed by atoms with Crippen molar-refractivity contribution in [1.29, 1.82) is 0 Å². The minimum Gasteiger partial charge on any atom is -0.458 e. The van der Waals surface area contributed by atoms with Gasteiger partial charge in [0.2, 0.25) is 0 Å². The van der Waals surface area contributed by atoms with Gasteiger partial charge < -0.3 is 34.2 Å². The third-order valence-corrected chi connectivity index (χ3v) is 5.69. The van der Waals surface area contributed by atoms with Gasteiger partial charge in [-0.1, -0.05) is 26.8 Å². The molecule has 11 nitrogen and oxygen atoms in total. The average Bonchev–Trinajstić information content (AvgIpc) is 2.87. The van der Waals surface area contributed by atoms with E-state index in [1.165, 1.54) is 12.1 Å². The lowest BCUT2D eigenvalue weighted by atomic mass is 9.90. The molecule has 0 aliphatic carbocycles. The highest BCUT2D eigenvalue weighted by molar-refractivity contribution is 5.77. The summed E-state index contributed by atoms with van der Waals surface area (Å²) in [6.45, 7) is 12.6. The van der Waals surface area contributed by atoms with Crippen molar-refractivity contribution in [1.82, 2.24) is 0 Å². The van der Waals surface area contributed by atoms with E-state index >= 15 is 0 Å². The van der Waals surface area contributed by atoms with E-state index in [9.17, 15) is 19.2 Å². The second-order valence-electron chi connectivity index (χ2n) is 9.48. The lowest BCUT2D eigenvalue weighted by Crippen LogP contribution is -2.40. The SMILES string of the molecule is CCCOC(=O)Oc1ccc(C[C@H](N)C(=O)O[C@@H](C)[C@H](C)OC(=O)C(C)(C)CC)cc1OC(=O)OCCC. The molecule has 0 fully saturated rings. The van der Waals surface area contributed by atoms with Gasteiger partial charge in [0.1, 0.15) is 18.2 Å². The first kappa shape index (κ1) is 32.7. The molecule has 0 aliphatic rings. The molecular weight excluding hydrogens is 498 g/mol. The van der Waals surface area contributed by atoms with Crippen molar-refractivity contribution >= 4 is 24.2 Å². The van der Waals surface area contributed by atoms with Crippen LogP contribution in [0.5, 0.6) is 11.5 Å². The maximum atomic E-state index is 12.6. The van der Waals surface area contributed by atoms with Crippen LogP contribution in [0.1, 0.15) is 73.3 Å². The van der Waals surface area contributed by atoms with Gasteiger partial charge in [0.15, 0.2) is 11.5 Å². The smallest absolute Gasteiger partial charge is 0.458 e. The van der Waals surface area contributed by atoms with Crippen LogP contribution in [0.25, 0.3) is 0 Å². The molecule has 1 rings (SSSR count). The Morgan fingerprint density at radius 1 is 0.842 bits per heavy atom. The highest BCUT2D eigenvalue weighted by Gasteiger charge is 2.31. The number of nitrogens with two attached hydrogens (primary N) is 1. The number of ether oxygens (including phenoxy) is 6. The van der Waals surface area contributed by atoms with Crippen molar-refractivity contribution in [3.63, 3.8) is 0 Å². The Bertz CT molecular complexity index is 946. The van der Waals surface area contributed by atoms with E-state index < -0.39 is 41.9 Å². The topological polar surface area (TPSA) is 150 Å². The summed E-state index contributed by atoms with van der Waals surface area (Å²) >= 11 is 0. The Balaban J connectivity index is 2.90. The Morgan fingerprint density at radius 2 is 1.37 bits per heavy atom. The van der Waals surface area contributed by atoms with Crippen molar-refractivity contribution in [3.05, 3.63) is 23.8 Å². The molecule has 0 saturated heterocycles. The Hall–Kier alpha value is -3.34. The first-order valence-corrected chi connectivity index (χ1v) is 12.8. The first-order valence-electron chi connectivity index (χ1n) is 12.8. The lowest BCUT2D eigenvalue weighted by molar-refractivity contribution is -0.172. The normalized spacial score (nSPS) is 13.5. The van der Waals surface area contributed by atoms with Crippen LogP contribution >= 0.6 is 0 Å². The zero-order valence-electron chi connectivity index (χ0n) is 23.4. The van der Waals surface area contributed by atoms with E-state index in [2.05, 4.69) is 0 Å². The largest absolute Gasteiger partial charge is 0.513 e. The Labute approximate surface area is 224 Å². The average molecular weight is 540 g/mol. The third-order valence-electron chi connectivity index (χ3n) is 5.69. The molecule has 11 heteroatoms. The summed E-state index contributed by atoms with van der Waals surface area (Å²) in [5, 5.41) is 0. The predicted molar refractivity (Wildman–Crippen MR) is 138 cm³/mol. The Morgan fingerprint density at radius 3 is 1.89 bits per heavy atom. The van der Waals surface area contributed by atoms with E-state index in [1.54, 1.807) is 33.8 Å². The van der Waals surface area contributed by atoms with Crippen LogP contribution < -0.4 is 15.2 Å². The van der Waals surface area contributed by atoms with Crippen LogP contribution in [0, 0.1) is 5.41 Å². The monoisotopic (exact) mass is 539 g/mol. The molecule has 1 aromatic rings. The Kier molecular flexibility index (Phi) is 13.6. The van der Waals surface area contributed by atoms with E-state index in [4.69, 9.17) is 34.2 Å². The van der Waals surface area contributed by atoms with Gasteiger partial charge in [-0.15, -0.1) is 0 Å². The fraction of sp³-hybridized carbons (Fsp3) is 0.630. The van der Waals surface area contributed by atoms with Crippen LogP contribution in [0.3, 0.4) is 0 Å². The maximum Gasteiger partial charge on any atom is 0.513 e. The summed E-state index contributed by atoms with van der Waals surface area (Å²) < 4.78 is 31.1. The molecule has 0 aliphatic heterocycles. The summed E-state index contributed by atoms with van der Waals surface area (Å²) in [7, 11) is 0.